The summed E-state index contributed by atoms with van der Waals surface area (Å²) in [5.74, 6) is -1.09. The van der Waals surface area contributed by atoms with Crippen molar-refractivity contribution in [3.8, 4) is 11.1 Å². The zero-order chi connectivity index (χ0) is 24.4. The molecular formula is C28H32N2O5. The number of carbonyl (C=O) groups excluding carboxylic acids is 2. The van der Waals surface area contributed by atoms with Gasteiger partial charge in [0.25, 0.3) is 0 Å². The summed E-state index contributed by atoms with van der Waals surface area (Å²) in [5, 5.41) is 15.0. The van der Waals surface area contributed by atoms with E-state index in [4.69, 9.17) is 9.84 Å². The number of fused-ring (bicyclic) bond motifs is 3. The van der Waals surface area contributed by atoms with Crippen molar-refractivity contribution in [3.05, 3.63) is 59.7 Å². The van der Waals surface area contributed by atoms with Crippen molar-refractivity contribution in [3.63, 3.8) is 0 Å². The Balaban J connectivity index is 1.18. The molecule has 1 atom stereocenters. The van der Waals surface area contributed by atoms with Crippen LogP contribution in [0, 0.1) is 11.8 Å². The number of ether oxygens (including phenoxy) is 1. The predicted octanol–water partition coefficient (Wildman–Crippen LogP) is 4.45. The second kappa shape index (κ2) is 10.1. The number of aliphatic carboxylic acids is 1. The second-order valence-corrected chi connectivity index (χ2v) is 10.1. The van der Waals surface area contributed by atoms with Crippen molar-refractivity contribution in [2.75, 3.05) is 6.61 Å². The van der Waals surface area contributed by atoms with Crippen molar-refractivity contribution >= 4 is 18.0 Å². The molecule has 2 amide bonds. The summed E-state index contributed by atoms with van der Waals surface area (Å²) in [5.41, 5.74) is 4.68. The van der Waals surface area contributed by atoms with Gasteiger partial charge in [-0.1, -0.05) is 61.4 Å². The lowest BCUT2D eigenvalue weighted by molar-refractivity contribution is -0.146. The van der Waals surface area contributed by atoms with Gasteiger partial charge in [-0.05, 0) is 53.9 Å². The van der Waals surface area contributed by atoms with Crippen molar-refractivity contribution in [1.29, 1.82) is 0 Å². The molecule has 0 bridgehead atoms. The van der Waals surface area contributed by atoms with E-state index in [0.717, 1.165) is 36.8 Å². The fraction of sp³-hybridized carbons (Fsp3) is 0.464. The molecule has 7 heteroatoms. The molecule has 3 N–H and O–H groups in total. The van der Waals surface area contributed by atoms with Crippen LogP contribution in [0.4, 0.5) is 4.79 Å². The van der Waals surface area contributed by atoms with E-state index in [1.54, 1.807) is 0 Å². The minimum Gasteiger partial charge on any atom is -0.481 e. The maximum Gasteiger partial charge on any atom is 0.407 e. The molecule has 0 aromatic heterocycles. The third-order valence-corrected chi connectivity index (χ3v) is 7.87. The first-order chi connectivity index (χ1) is 17.0. The summed E-state index contributed by atoms with van der Waals surface area (Å²) in [6.07, 6.45) is 4.77. The zero-order valence-electron chi connectivity index (χ0n) is 19.7. The molecule has 5 rings (SSSR count). The molecule has 3 aliphatic rings. The van der Waals surface area contributed by atoms with Crippen molar-refractivity contribution in [1.82, 2.24) is 10.6 Å². The van der Waals surface area contributed by atoms with Gasteiger partial charge >= 0.3 is 12.1 Å². The standard InChI is InChI=1S/C28H32N2O5/c31-26(29-19-13-18(14-19)27(32)33)15-25(17-7-1-2-8-17)30-28(34)35-16-24-22-11-5-3-9-20(22)21-10-4-6-12-23(21)24/h3-6,9-12,17-19,24-25H,1-2,7-8,13-16H2,(H,29,31)(H,30,34)(H,32,33). The van der Waals surface area contributed by atoms with Gasteiger partial charge in [0, 0.05) is 24.4 Å². The maximum absolute atomic E-state index is 12.8. The summed E-state index contributed by atoms with van der Waals surface area (Å²) in [6.45, 7) is 0.238. The van der Waals surface area contributed by atoms with Gasteiger partial charge in [0.2, 0.25) is 5.91 Å². The molecule has 2 saturated carbocycles. The van der Waals surface area contributed by atoms with E-state index in [9.17, 15) is 14.4 Å². The highest BCUT2D eigenvalue weighted by molar-refractivity contribution is 5.80. The Bertz CT molecular complexity index is 1060. The van der Waals surface area contributed by atoms with Crippen molar-refractivity contribution < 1.29 is 24.2 Å². The van der Waals surface area contributed by atoms with Crippen LogP contribution in [0.1, 0.15) is 62.0 Å². The number of alkyl carbamates (subject to hydrolysis) is 1. The number of nitrogens with one attached hydrogen (secondary N) is 2. The third-order valence-electron chi connectivity index (χ3n) is 7.87. The van der Waals surface area contributed by atoms with Crippen LogP contribution in [0.5, 0.6) is 0 Å². The molecule has 35 heavy (non-hydrogen) atoms. The zero-order valence-corrected chi connectivity index (χ0v) is 19.7. The number of carboxylic acid groups (broad SMARTS) is 1. The van der Waals surface area contributed by atoms with Gasteiger partial charge in [0.15, 0.2) is 0 Å². The Morgan fingerprint density at radius 2 is 1.54 bits per heavy atom. The topological polar surface area (TPSA) is 105 Å². The minimum absolute atomic E-state index is 0.0119. The lowest BCUT2D eigenvalue weighted by Crippen LogP contribution is -2.49. The molecule has 0 spiro atoms. The molecule has 3 aliphatic carbocycles. The summed E-state index contributed by atoms with van der Waals surface area (Å²) in [4.78, 5) is 36.5. The lowest BCUT2D eigenvalue weighted by atomic mass is 9.80. The highest BCUT2D eigenvalue weighted by Crippen LogP contribution is 2.44. The van der Waals surface area contributed by atoms with E-state index in [1.165, 1.54) is 11.1 Å². The summed E-state index contributed by atoms with van der Waals surface area (Å²) < 4.78 is 5.72. The smallest absolute Gasteiger partial charge is 0.407 e. The lowest BCUT2D eigenvalue weighted by Gasteiger charge is -2.33. The molecule has 184 valence electrons. The highest BCUT2D eigenvalue weighted by Gasteiger charge is 2.36. The fourth-order valence-electron chi connectivity index (χ4n) is 5.91. The normalized spacial score (nSPS) is 21.9. The molecule has 0 heterocycles. The molecule has 0 aliphatic heterocycles. The Morgan fingerprint density at radius 1 is 0.943 bits per heavy atom. The average molecular weight is 477 g/mol. The van der Waals surface area contributed by atoms with E-state index >= 15 is 0 Å². The maximum atomic E-state index is 12.8. The average Bonchev–Trinajstić information content (AvgIpc) is 3.46. The molecule has 2 aromatic carbocycles. The van der Waals surface area contributed by atoms with Gasteiger partial charge in [-0.15, -0.1) is 0 Å². The third kappa shape index (κ3) is 5.04. The number of hydrogen-bond acceptors (Lipinski definition) is 4. The van der Waals surface area contributed by atoms with Crippen molar-refractivity contribution in [2.24, 2.45) is 11.8 Å². The monoisotopic (exact) mass is 476 g/mol. The van der Waals surface area contributed by atoms with Crippen LogP contribution in [0.2, 0.25) is 0 Å². The van der Waals surface area contributed by atoms with E-state index in [0.29, 0.717) is 12.8 Å². The Hall–Kier alpha value is -3.35. The Labute approximate surface area is 205 Å². The molecule has 0 saturated heterocycles. The van der Waals surface area contributed by atoms with Crippen LogP contribution in [0.25, 0.3) is 11.1 Å². The number of carboxylic acids is 1. The quantitative estimate of drug-likeness (QED) is 0.522. The molecular weight excluding hydrogens is 444 g/mol. The Kier molecular flexibility index (Phi) is 6.75. The fourth-order valence-corrected chi connectivity index (χ4v) is 5.91. The molecule has 1 unspecified atom stereocenters. The molecule has 2 aromatic rings. The van der Waals surface area contributed by atoms with E-state index in [2.05, 4.69) is 34.9 Å². The van der Waals surface area contributed by atoms with Crippen LogP contribution in [-0.4, -0.2) is 41.8 Å². The molecule has 7 nitrogen and oxygen atoms in total. The largest absolute Gasteiger partial charge is 0.481 e. The van der Waals surface area contributed by atoms with Crippen LogP contribution in [-0.2, 0) is 14.3 Å². The number of hydrogen-bond donors (Lipinski definition) is 3. The van der Waals surface area contributed by atoms with E-state index in [-0.39, 0.29) is 48.8 Å². The van der Waals surface area contributed by atoms with Crippen LogP contribution >= 0.6 is 0 Å². The van der Waals surface area contributed by atoms with Gasteiger partial charge in [-0.2, -0.15) is 0 Å². The van der Waals surface area contributed by atoms with E-state index < -0.39 is 12.1 Å². The van der Waals surface area contributed by atoms with Crippen LogP contribution < -0.4 is 10.6 Å². The van der Waals surface area contributed by atoms with Gasteiger partial charge < -0.3 is 20.5 Å². The minimum atomic E-state index is -0.809. The first-order valence-electron chi connectivity index (χ1n) is 12.6. The number of amides is 2. The second-order valence-electron chi connectivity index (χ2n) is 10.1. The molecule has 0 radical (unpaired) electrons. The van der Waals surface area contributed by atoms with Crippen LogP contribution in [0.15, 0.2) is 48.5 Å². The first kappa shape index (κ1) is 23.4. The van der Waals surface area contributed by atoms with Gasteiger partial charge in [0.1, 0.15) is 6.61 Å². The van der Waals surface area contributed by atoms with Crippen molar-refractivity contribution in [2.45, 2.75) is 62.9 Å². The Morgan fingerprint density at radius 3 is 2.14 bits per heavy atom. The highest BCUT2D eigenvalue weighted by atomic mass is 16.5. The van der Waals surface area contributed by atoms with Crippen LogP contribution in [0.3, 0.4) is 0 Å². The molecule has 2 fully saturated rings. The van der Waals surface area contributed by atoms with Gasteiger partial charge in [-0.25, -0.2) is 4.79 Å². The number of carbonyl (C=O) groups is 3. The van der Waals surface area contributed by atoms with E-state index in [1.807, 2.05) is 24.3 Å². The summed E-state index contributed by atoms with van der Waals surface area (Å²) in [6, 6.07) is 16.0. The number of benzene rings is 2. The predicted molar refractivity (Wildman–Crippen MR) is 131 cm³/mol. The first-order valence-corrected chi connectivity index (χ1v) is 12.6. The van der Waals surface area contributed by atoms with Gasteiger partial charge in [-0.3, -0.25) is 9.59 Å². The number of rotatable bonds is 8. The SMILES string of the molecule is O=C(CC(NC(=O)OCC1c2ccccc2-c2ccccc21)C1CCCC1)NC1CC(C(=O)O)C1. The van der Waals surface area contributed by atoms with Gasteiger partial charge in [0.05, 0.1) is 5.92 Å². The summed E-state index contributed by atoms with van der Waals surface area (Å²) in [7, 11) is 0. The summed E-state index contributed by atoms with van der Waals surface area (Å²) >= 11 is 0.